The van der Waals surface area contributed by atoms with Crippen molar-refractivity contribution in [3.63, 3.8) is 0 Å². The van der Waals surface area contributed by atoms with E-state index in [9.17, 15) is 0 Å². The lowest BCUT2D eigenvalue weighted by atomic mass is 9.93. The fraction of sp³-hybridized carbons (Fsp3) is 0.333. The Hall–Kier alpha value is -2.22. The molecule has 0 bridgehead atoms. The first-order valence-corrected chi connectivity index (χ1v) is 8.10. The molecule has 0 fully saturated rings. The van der Waals surface area contributed by atoms with Crippen molar-refractivity contribution in [1.82, 2.24) is 4.90 Å². The molecule has 2 aliphatic rings. The Labute approximate surface area is 143 Å². The SMILES string of the molecule is [2H]C([2H])([2H])C1N(c2ccccc2C)C(C)=C2c3ccccc3C(C)(C)N21. The van der Waals surface area contributed by atoms with Crippen molar-refractivity contribution in [3.8, 4) is 0 Å². The molecule has 0 saturated heterocycles. The zero-order chi connectivity index (χ0) is 18.9. The van der Waals surface area contributed by atoms with Gasteiger partial charge in [-0.1, -0.05) is 42.5 Å². The minimum atomic E-state index is -2.15. The lowest BCUT2D eigenvalue weighted by molar-refractivity contribution is 0.181. The molecule has 0 aromatic heterocycles. The number of para-hydroxylation sites is 1. The van der Waals surface area contributed by atoms with Gasteiger partial charge in [-0.2, -0.15) is 0 Å². The highest BCUT2D eigenvalue weighted by Gasteiger charge is 2.49. The second-order valence-corrected chi connectivity index (χ2v) is 6.94. The molecule has 2 aromatic rings. The van der Waals surface area contributed by atoms with Gasteiger partial charge in [0.1, 0.15) is 6.17 Å². The topological polar surface area (TPSA) is 6.48 Å². The van der Waals surface area contributed by atoms with Crippen LogP contribution in [0.1, 0.15) is 48.4 Å². The predicted octanol–water partition coefficient (Wildman–Crippen LogP) is 5.10. The number of nitrogens with zero attached hydrogens (tertiary/aromatic N) is 2. The minimum Gasteiger partial charge on any atom is -0.340 e. The Bertz CT molecular complexity index is 911. The summed E-state index contributed by atoms with van der Waals surface area (Å²) in [4.78, 5) is 4.11. The maximum atomic E-state index is 8.33. The highest BCUT2D eigenvalue weighted by molar-refractivity contribution is 5.82. The molecule has 1 unspecified atom stereocenters. The minimum absolute atomic E-state index is 0.385. The molecular formula is C21H24N2. The molecule has 2 aliphatic heterocycles. The smallest absolute Gasteiger partial charge is 0.104 e. The highest BCUT2D eigenvalue weighted by atomic mass is 15.4. The van der Waals surface area contributed by atoms with Crippen LogP contribution in [0.3, 0.4) is 0 Å². The lowest BCUT2D eigenvalue weighted by Crippen LogP contribution is -2.45. The van der Waals surface area contributed by atoms with E-state index in [-0.39, 0.29) is 5.54 Å². The normalized spacial score (nSPS) is 24.2. The number of aryl methyl sites for hydroxylation is 1. The number of hydrogen-bond donors (Lipinski definition) is 0. The Kier molecular flexibility index (Phi) is 2.29. The summed E-state index contributed by atoms with van der Waals surface area (Å²) in [5, 5.41) is 0. The number of allylic oxidation sites excluding steroid dienone is 1. The van der Waals surface area contributed by atoms with Crippen LogP contribution in [0.4, 0.5) is 5.69 Å². The van der Waals surface area contributed by atoms with Gasteiger partial charge in [-0.15, -0.1) is 0 Å². The van der Waals surface area contributed by atoms with Crippen LogP contribution >= 0.6 is 0 Å². The fourth-order valence-corrected chi connectivity index (χ4v) is 4.12. The molecule has 2 aromatic carbocycles. The van der Waals surface area contributed by atoms with Crippen LogP contribution in [-0.2, 0) is 5.54 Å². The zero-order valence-corrected chi connectivity index (χ0v) is 14.1. The van der Waals surface area contributed by atoms with Gasteiger partial charge in [-0.05, 0) is 51.7 Å². The summed E-state index contributed by atoms with van der Waals surface area (Å²) in [5.74, 6) is 0. The molecular weight excluding hydrogens is 280 g/mol. The van der Waals surface area contributed by atoms with Crippen molar-refractivity contribution in [3.05, 3.63) is 70.9 Å². The predicted molar refractivity (Wildman–Crippen MR) is 97.0 cm³/mol. The Morgan fingerprint density at radius 2 is 1.70 bits per heavy atom. The van der Waals surface area contributed by atoms with Gasteiger partial charge in [-0.25, -0.2) is 0 Å². The van der Waals surface area contributed by atoms with Gasteiger partial charge in [0.05, 0.1) is 11.2 Å². The third-order valence-electron chi connectivity index (χ3n) is 5.25. The van der Waals surface area contributed by atoms with Crippen LogP contribution in [0.5, 0.6) is 0 Å². The standard InChI is InChI=1S/C21H24N2/c1-14-10-6-9-13-19(14)22-15(2)20-17-11-7-8-12-18(17)21(4,5)23(20)16(22)3/h6-13,16H,1-5H3/i3D3. The molecule has 0 aliphatic carbocycles. The second kappa shape index (κ2) is 4.64. The quantitative estimate of drug-likeness (QED) is 0.723. The number of fused-ring (bicyclic) bond motifs is 3. The molecule has 0 amide bonds. The molecule has 118 valence electrons. The van der Waals surface area contributed by atoms with Gasteiger partial charge < -0.3 is 9.80 Å². The first kappa shape index (κ1) is 11.3. The van der Waals surface area contributed by atoms with Gasteiger partial charge in [0.25, 0.3) is 0 Å². The molecule has 0 saturated carbocycles. The average Bonchev–Trinajstić information content (AvgIpc) is 3.00. The number of hydrogen-bond acceptors (Lipinski definition) is 2. The van der Waals surface area contributed by atoms with E-state index in [2.05, 4.69) is 30.9 Å². The number of rotatable bonds is 1. The van der Waals surface area contributed by atoms with E-state index in [0.717, 1.165) is 28.2 Å². The van der Waals surface area contributed by atoms with Gasteiger partial charge in [0.15, 0.2) is 0 Å². The summed E-state index contributed by atoms with van der Waals surface area (Å²) < 4.78 is 25.0. The van der Waals surface area contributed by atoms with Crippen LogP contribution in [0, 0.1) is 6.92 Å². The molecule has 23 heavy (non-hydrogen) atoms. The van der Waals surface area contributed by atoms with Crippen molar-refractivity contribution >= 4 is 11.4 Å². The van der Waals surface area contributed by atoms with Crippen LogP contribution in [-0.4, -0.2) is 11.1 Å². The lowest BCUT2D eigenvalue weighted by Gasteiger charge is -2.39. The Morgan fingerprint density at radius 3 is 2.43 bits per heavy atom. The molecule has 1 atom stereocenters. The maximum Gasteiger partial charge on any atom is 0.104 e. The van der Waals surface area contributed by atoms with Gasteiger partial charge in [-0.3, -0.25) is 0 Å². The summed E-state index contributed by atoms with van der Waals surface area (Å²) in [6.45, 7) is 6.16. The summed E-state index contributed by atoms with van der Waals surface area (Å²) in [6.07, 6.45) is -0.721. The first-order chi connectivity index (χ1) is 12.2. The van der Waals surface area contributed by atoms with E-state index in [1.807, 2.05) is 55.1 Å². The molecule has 2 heterocycles. The molecule has 2 nitrogen and oxygen atoms in total. The number of benzene rings is 2. The van der Waals surface area contributed by atoms with Crippen molar-refractivity contribution in [1.29, 1.82) is 0 Å². The zero-order valence-electron chi connectivity index (χ0n) is 17.1. The largest absolute Gasteiger partial charge is 0.340 e. The summed E-state index contributed by atoms with van der Waals surface area (Å²) >= 11 is 0. The van der Waals surface area contributed by atoms with Crippen molar-refractivity contribution in [2.45, 2.75) is 46.3 Å². The molecule has 0 N–H and O–H groups in total. The maximum absolute atomic E-state index is 8.33. The Morgan fingerprint density at radius 1 is 1.00 bits per heavy atom. The van der Waals surface area contributed by atoms with Crippen LogP contribution in [0.2, 0.25) is 0 Å². The first-order valence-electron chi connectivity index (χ1n) is 9.60. The van der Waals surface area contributed by atoms with Crippen molar-refractivity contribution < 1.29 is 4.11 Å². The fourth-order valence-electron chi connectivity index (χ4n) is 4.12. The summed E-state index contributed by atoms with van der Waals surface area (Å²) in [5.41, 5.74) is 6.01. The van der Waals surface area contributed by atoms with E-state index in [1.165, 1.54) is 5.56 Å². The summed E-state index contributed by atoms with van der Waals surface area (Å²) in [6, 6.07) is 16.3. The second-order valence-electron chi connectivity index (χ2n) is 6.94. The van der Waals surface area contributed by atoms with E-state index < -0.39 is 13.0 Å². The van der Waals surface area contributed by atoms with Crippen LogP contribution in [0.15, 0.2) is 54.2 Å². The molecule has 0 spiro atoms. The van der Waals surface area contributed by atoms with E-state index in [4.69, 9.17) is 4.11 Å². The molecule has 2 heteroatoms. The van der Waals surface area contributed by atoms with Gasteiger partial charge in [0.2, 0.25) is 0 Å². The third-order valence-corrected chi connectivity index (χ3v) is 5.25. The number of anilines is 1. The van der Waals surface area contributed by atoms with E-state index in [0.29, 0.717) is 0 Å². The van der Waals surface area contributed by atoms with Crippen molar-refractivity contribution in [2.24, 2.45) is 0 Å². The van der Waals surface area contributed by atoms with Crippen LogP contribution < -0.4 is 4.90 Å². The Balaban J connectivity index is 2.01. The van der Waals surface area contributed by atoms with Crippen LogP contribution in [0.25, 0.3) is 5.70 Å². The van der Waals surface area contributed by atoms with Gasteiger partial charge >= 0.3 is 0 Å². The third kappa shape index (κ3) is 1.75. The average molecular weight is 307 g/mol. The molecule has 4 rings (SSSR count). The monoisotopic (exact) mass is 307 g/mol. The van der Waals surface area contributed by atoms with E-state index in [1.54, 1.807) is 0 Å². The van der Waals surface area contributed by atoms with Crippen molar-refractivity contribution in [2.75, 3.05) is 4.90 Å². The van der Waals surface area contributed by atoms with Gasteiger partial charge in [0, 0.05) is 21.1 Å². The highest BCUT2D eigenvalue weighted by Crippen LogP contribution is 2.53. The summed E-state index contributed by atoms with van der Waals surface area (Å²) in [7, 11) is 0. The molecule has 0 radical (unpaired) electrons. The van der Waals surface area contributed by atoms with E-state index >= 15 is 0 Å².